The highest BCUT2D eigenvalue weighted by molar-refractivity contribution is 5.87. The first-order valence-corrected chi connectivity index (χ1v) is 6.84. The van der Waals surface area contributed by atoms with E-state index < -0.39 is 28.3 Å². The Hall–Kier alpha value is -3.10. The van der Waals surface area contributed by atoms with Gasteiger partial charge in [0.2, 0.25) is 0 Å². The number of rotatable bonds is 5. The minimum Gasteiger partial charge on any atom is -0.493 e. The largest absolute Gasteiger partial charge is 0.493 e. The Labute approximate surface area is 135 Å². The van der Waals surface area contributed by atoms with Crippen LogP contribution in [0.1, 0.15) is 25.5 Å². The zero-order chi connectivity index (χ0) is 18.0. The maximum atomic E-state index is 12.0. The number of nitro groups is 1. The van der Waals surface area contributed by atoms with Crippen molar-refractivity contribution in [2.75, 3.05) is 14.2 Å². The Morgan fingerprint density at radius 3 is 2.33 bits per heavy atom. The first-order valence-electron chi connectivity index (χ1n) is 6.84. The van der Waals surface area contributed by atoms with E-state index in [2.05, 4.69) is 0 Å². The van der Waals surface area contributed by atoms with E-state index >= 15 is 0 Å². The Balaban J connectivity index is 2.91. The lowest BCUT2D eigenvalue weighted by Gasteiger charge is -2.15. The fraction of sp³-hybridized carbons (Fsp3) is 0.333. The van der Waals surface area contributed by atoms with Crippen molar-refractivity contribution in [2.24, 2.45) is 0 Å². The van der Waals surface area contributed by atoms with E-state index in [1.807, 2.05) is 0 Å². The summed E-state index contributed by atoms with van der Waals surface area (Å²) in [6, 6.07) is 2.81. The molecule has 1 heterocycles. The van der Waals surface area contributed by atoms with Crippen LogP contribution in [0.15, 0.2) is 21.3 Å². The van der Waals surface area contributed by atoms with E-state index in [0.29, 0.717) is 0 Å². The molecule has 1 atom stereocenters. The summed E-state index contributed by atoms with van der Waals surface area (Å²) < 4.78 is 20.3. The summed E-state index contributed by atoms with van der Waals surface area (Å²) in [6.07, 6.45) is -1.03. The van der Waals surface area contributed by atoms with E-state index in [4.69, 9.17) is 18.6 Å². The summed E-state index contributed by atoms with van der Waals surface area (Å²) in [5.41, 5.74) is -1.95. The molecule has 9 heteroatoms. The lowest BCUT2D eigenvalue weighted by molar-refractivity contribution is -0.388. The molecule has 0 aliphatic heterocycles. The van der Waals surface area contributed by atoms with Crippen LogP contribution < -0.4 is 15.1 Å². The number of methoxy groups -OCH3 is 2. The number of nitrogens with zero attached hydrogens (tertiary/aromatic N) is 1. The average Bonchev–Trinajstić information content (AvgIpc) is 2.51. The predicted octanol–water partition coefficient (Wildman–Crippen LogP) is 2.34. The molecule has 0 amide bonds. The number of carbonyl (C=O) groups excluding carboxylic acids is 1. The van der Waals surface area contributed by atoms with Crippen LogP contribution in [0.2, 0.25) is 0 Å². The third-order valence-electron chi connectivity index (χ3n) is 3.36. The van der Waals surface area contributed by atoms with Crippen molar-refractivity contribution >= 4 is 22.6 Å². The Bertz CT molecular complexity index is 870. The van der Waals surface area contributed by atoms with Gasteiger partial charge in [-0.05, 0) is 13.0 Å². The molecule has 9 nitrogen and oxygen atoms in total. The first-order chi connectivity index (χ1) is 11.3. The summed E-state index contributed by atoms with van der Waals surface area (Å²) in [5.74, 6) is -0.0730. The van der Waals surface area contributed by atoms with Gasteiger partial charge in [-0.2, -0.15) is 0 Å². The van der Waals surface area contributed by atoms with Crippen molar-refractivity contribution in [2.45, 2.75) is 20.0 Å². The second-order valence-electron chi connectivity index (χ2n) is 4.86. The normalized spacial score (nSPS) is 11.8. The molecule has 0 spiro atoms. The molecule has 0 aliphatic rings. The van der Waals surface area contributed by atoms with Crippen LogP contribution in [0.3, 0.4) is 0 Å². The van der Waals surface area contributed by atoms with Gasteiger partial charge in [-0.1, -0.05) is 0 Å². The van der Waals surface area contributed by atoms with Crippen LogP contribution in [0, 0.1) is 10.1 Å². The van der Waals surface area contributed by atoms with Crippen LogP contribution in [0.5, 0.6) is 11.5 Å². The van der Waals surface area contributed by atoms with Crippen molar-refractivity contribution < 1.29 is 28.3 Å². The summed E-state index contributed by atoms with van der Waals surface area (Å²) >= 11 is 0. The standard InChI is InChI=1S/C15H15NO8/c1-7(23-8(2)17)13-9-5-11(21-3)12(22-4)6-10(9)24-15(18)14(13)16(19)20/h5-7H,1-4H3. The fourth-order valence-electron chi connectivity index (χ4n) is 2.43. The van der Waals surface area contributed by atoms with Crippen LogP contribution in [0.4, 0.5) is 5.69 Å². The minimum atomic E-state index is -1.14. The molecule has 0 saturated heterocycles. The quantitative estimate of drug-likeness (QED) is 0.353. The summed E-state index contributed by atoms with van der Waals surface area (Å²) in [5, 5.41) is 11.5. The molecule has 1 unspecified atom stereocenters. The molecular formula is C15H15NO8. The van der Waals surface area contributed by atoms with Gasteiger partial charge in [-0.3, -0.25) is 14.9 Å². The topological polar surface area (TPSA) is 118 Å². The van der Waals surface area contributed by atoms with E-state index in [1.54, 1.807) is 0 Å². The number of esters is 1. The van der Waals surface area contributed by atoms with Gasteiger partial charge < -0.3 is 18.6 Å². The summed E-state index contributed by atoms with van der Waals surface area (Å²) in [6.45, 7) is 2.60. The molecule has 2 aromatic rings. The van der Waals surface area contributed by atoms with E-state index in [0.717, 1.165) is 0 Å². The Morgan fingerprint density at radius 2 is 1.83 bits per heavy atom. The second kappa shape index (κ2) is 6.57. The van der Waals surface area contributed by atoms with Gasteiger partial charge in [-0.15, -0.1) is 0 Å². The third kappa shape index (κ3) is 3.00. The molecule has 1 aromatic heterocycles. The zero-order valence-corrected chi connectivity index (χ0v) is 13.4. The molecular weight excluding hydrogens is 322 g/mol. The van der Waals surface area contributed by atoms with Gasteiger partial charge in [0.1, 0.15) is 11.7 Å². The molecule has 0 radical (unpaired) electrons. The van der Waals surface area contributed by atoms with Gasteiger partial charge >= 0.3 is 17.3 Å². The van der Waals surface area contributed by atoms with Gasteiger partial charge in [0.15, 0.2) is 11.5 Å². The molecule has 128 valence electrons. The van der Waals surface area contributed by atoms with Crippen LogP contribution in [-0.2, 0) is 9.53 Å². The molecule has 24 heavy (non-hydrogen) atoms. The highest BCUT2D eigenvalue weighted by atomic mass is 16.6. The number of benzene rings is 1. The number of hydrogen-bond donors (Lipinski definition) is 0. The van der Waals surface area contributed by atoms with Crippen molar-refractivity contribution in [3.05, 3.63) is 38.2 Å². The Morgan fingerprint density at radius 1 is 1.25 bits per heavy atom. The zero-order valence-electron chi connectivity index (χ0n) is 13.4. The lowest BCUT2D eigenvalue weighted by Crippen LogP contribution is -2.15. The van der Waals surface area contributed by atoms with Gasteiger partial charge in [0.25, 0.3) is 0 Å². The lowest BCUT2D eigenvalue weighted by atomic mass is 10.0. The first kappa shape index (κ1) is 17.3. The molecule has 0 fully saturated rings. The molecule has 0 aliphatic carbocycles. The van der Waals surface area contributed by atoms with Crippen LogP contribution in [-0.4, -0.2) is 25.1 Å². The monoisotopic (exact) mass is 337 g/mol. The molecule has 0 saturated carbocycles. The fourth-order valence-corrected chi connectivity index (χ4v) is 2.43. The predicted molar refractivity (Wildman–Crippen MR) is 82.4 cm³/mol. The average molecular weight is 337 g/mol. The number of fused-ring (bicyclic) bond motifs is 1. The summed E-state index contributed by atoms with van der Waals surface area (Å²) in [4.78, 5) is 33.7. The van der Waals surface area contributed by atoms with Crippen molar-refractivity contribution in [3.8, 4) is 11.5 Å². The van der Waals surface area contributed by atoms with Crippen molar-refractivity contribution in [1.82, 2.24) is 0 Å². The Kier molecular flexibility index (Phi) is 4.72. The highest BCUT2D eigenvalue weighted by Crippen LogP contribution is 2.38. The number of hydrogen-bond acceptors (Lipinski definition) is 8. The minimum absolute atomic E-state index is 0.0530. The third-order valence-corrected chi connectivity index (χ3v) is 3.36. The second-order valence-corrected chi connectivity index (χ2v) is 4.86. The smallest absolute Gasteiger partial charge is 0.415 e. The van der Waals surface area contributed by atoms with Gasteiger partial charge in [-0.25, -0.2) is 4.79 Å². The van der Waals surface area contributed by atoms with E-state index in [1.165, 1.54) is 40.2 Å². The maximum Gasteiger partial charge on any atom is 0.415 e. The molecule has 2 rings (SSSR count). The van der Waals surface area contributed by atoms with Crippen LogP contribution >= 0.6 is 0 Å². The molecule has 0 bridgehead atoms. The van der Waals surface area contributed by atoms with Gasteiger partial charge in [0, 0.05) is 18.4 Å². The van der Waals surface area contributed by atoms with E-state index in [9.17, 15) is 19.7 Å². The molecule has 0 N–H and O–H groups in total. The summed E-state index contributed by atoms with van der Waals surface area (Å²) in [7, 11) is 2.79. The number of carbonyl (C=O) groups is 1. The highest BCUT2D eigenvalue weighted by Gasteiger charge is 2.30. The van der Waals surface area contributed by atoms with Crippen molar-refractivity contribution in [1.29, 1.82) is 0 Å². The van der Waals surface area contributed by atoms with Crippen LogP contribution in [0.25, 0.3) is 11.0 Å². The molecule has 1 aromatic carbocycles. The number of ether oxygens (including phenoxy) is 3. The SMILES string of the molecule is COc1cc2oc(=O)c([N+](=O)[O-])c(C(C)OC(C)=O)c2cc1OC. The van der Waals surface area contributed by atoms with Gasteiger partial charge in [0.05, 0.1) is 24.7 Å². The van der Waals surface area contributed by atoms with Crippen molar-refractivity contribution in [3.63, 3.8) is 0 Å². The maximum absolute atomic E-state index is 12.0. The van der Waals surface area contributed by atoms with E-state index in [-0.39, 0.29) is 28.0 Å².